The van der Waals surface area contributed by atoms with Crippen molar-refractivity contribution >= 4 is 28.8 Å². The van der Waals surface area contributed by atoms with Gasteiger partial charge in [0, 0.05) is 11.1 Å². The van der Waals surface area contributed by atoms with Gasteiger partial charge in [0.15, 0.2) is 0 Å². The number of nitrogens with zero attached hydrogens (tertiary/aromatic N) is 1. The fourth-order valence-electron chi connectivity index (χ4n) is 2.89. The maximum Gasteiger partial charge on any atom is 0.272 e. The monoisotopic (exact) mass is 333 g/mol. The standard InChI is InChI=1S/C20H12ClNO2/c21-16-11-9-14(10-12-16)13-5-7-15(8-6-13)19-20(23)17-3-1-2-4-18(17)22(19)24/h1-12H. The number of carbonyl (C=O) groups excluding carboxylic acids is 1. The number of fused-ring (bicyclic) bond motifs is 1. The summed E-state index contributed by atoms with van der Waals surface area (Å²) in [7, 11) is 0. The van der Waals surface area contributed by atoms with E-state index in [1.165, 1.54) is 0 Å². The van der Waals surface area contributed by atoms with Gasteiger partial charge in [-0.25, -0.2) is 0 Å². The number of carbonyl (C=O) groups is 1. The molecule has 0 amide bonds. The SMILES string of the molecule is O=C1C(c2ccc(-c3ccc(Cl)cc3)cc2)=[N+]([O-])c2ccccc21. The summed E-state index contributed by atoms with van der Waals surface area (Å²) in [4.78, 5) is 12.5. The van der Waals surface area contributed by atoms with Gasteiger partial charge < -0.3 is 5.21 Å². The van der Waals surface area contributed by atoms with E-state index in [0.717, 1.165) is 15.9 Å². The van der Waals surface area contributed by atoms with Crippen LogP contribution in [0.3, 0.4) is 0 Å². The minimum atomic E-state index is -0.236. The molecule has 0 aromatic heterocycles. The third-order valence-electron chi connectivity index (χ3n) is 4.12. The zero-order valence-electron chi connectivity index (χ0n) is 12.6. The van der Waals surface area contributed by atoms with Crippen LogP contribution in [0.5, 0.6) is 0 Å². The maximum absolute atomic E-state index is 12.5. The second-order valence-electron chi connectivity index (χ2n) is 5.57. The van der Waals surface area contributed by atoms with Crippen LogP contribution in [-0.2, 0) is 0 Å². The fraction of sp³-hybridized carbons (Fsp3) is 0. The minimum Gasteiger partial charge on any atom is -0.618 e. The molecule has 24 heavy (non-hydrogen) atoms. The lowest BCUT2D eigenvalue weighted by atomic mass is 9.99. The third-order valence-corrected chi connectivity index (χ3v) is 4.37. The first-order chi connectivity index (χ1) is 11.6. The number of halogens is 1. The van der Waals surface area contributed by atoms with Crippen LogP contribution in [0.4, 0.5) is 5.69 Å². The molecule has 0 unspecified atom stereocenters. The van der Waals surface area contributed by atoms with Crippen LogP contribution in [0.15, 0.2) is 72.8 Å². The second kappa shape index (κ2) is 5.62. The van der Waals surface area contributed by atoms with Gasteiger partial charge in [-0.1, -0.05) is 48.0 Å². The molecule has 0 atom stereocenters. The lowest BCUT2D eigenvalue weighted by Crippen LogP contribution is -2.16. The maximum atomic E-state index is 12.5. The van der Waals surface area contributed by atoms with Gasteiger partial charge in [-0.3, -0.25) is 4.79 Å². The molecular formula is C20H12ClNO2. The first-order valence-electron chi connectivity index (χ1n) is 7.49. The molecule has 3 nitrogen and oxygen atoms in total. The van der Waals surface area contributed by atoms with Gasteiger partial charge in [0.25, 0.3) is 11.5 Å². The highest BCUT2D eigenvalue weighted by atomic mass is 35.5. The number of ketones is 1. The van der Waals surface area contributed by atoms with Crippen LogP contribution in [0.2, 0.25) is 5.02 Å². The van der Waals surface area contributed by atoms with Crippen molar-refractivity contribution in [2.24, 2.45) is 0 Å². The topological polar surface area (TPSA) is 43.1 Å². The van der Waals surface area contributed by atoms with Crippen LogP contribution in [0.1, 0.15) is 15.9 Å². The van der Waals surface area contributed by atoms with Gasteiger partial charge >= 0.3 is 0 Å². The average Bonchev–Trinajstić information content (AvgIpc) is 2.87. The third kappa shape index (κ3) is 2.30. The normalized spacial score (nSPS) is 13.3. The summed E-state index contributed by atoms with van der Waals surface area (Å²) in [5, 5.41) is 13.1. The van der Waals surface area contributed by atoms with E-state index < -0.39 is 0 Å². The Morgan fingerprint density at radius 1 is 0.750 bits per heavy atom. The molecule has 0 spiro atoms. The number of rotatable bonds is 2. The van der Waals surface area contributed by atoms with Crippen molar-refractivity contribution in [1.82, 2.24) is 0 Å². The van der Waals surface area contributed by atoms with Gasteiger partial charge in [0.05, 0.1) is 5.56 Å². The predicted molar refractivity (Wildman–Crippen MR) is 95.1 cm³/mol. The zero-order chi connectivity index (χ0) is 16.7. The quantitative estimate of drug-likeness (QED) is 0.497. The van der Waals surface area contributed by atoms with Crippen molar-refractivity contribution in [1.29, 1.82) is 0 Å². The van der Waals surface area contributed by atoms with E-state index in [1.54, 1.807) is 36.4 Å². The molecule has 3 aromatic rings. The van der Waals surface area contributed by atoms with Gasteiger partial charge in [0.1, 0.15) is 5.56 Å². The highest BCUT2D eigenvalue weighted by Crippen LogP contribution is 2.28. The molecule has 4 rings (SSSR count). The molecule has 0 saturated heterocycles. The van der Waals surface area contributed by atoms with Crippen molar-refractivity contribution in [3.05, 3.63) is 94.2 Å². The van der Waals surface area contributed by atoms with E-state index in [-0.39, 0.29) is 11.5 Å². The van der Waals surface area contributed by atoms with Gasteiger partial charge in [-0.15, -0.1) is 0 Å². The Hall–Kier alpha value is -2.91. The average molecular weight is 334 g/mol. The lowest BCUT2D eigenvalue weighted by molar-refractivity contribution is -0.355. The minimum absolute atomic E-state index is 0.166. The molecule has 0 aliphatic carbocycles. The van der Waals surface area contributed by atoms with Crippen LogP contribution in [-0.4, -0.2) is 16.2 Å². The molecule has 4 heteroatoms. The van der Waals surface area contributed by atoms with E-state index in [1.807, 2.05) is 36.4 Å². The second-order valence-corrected chi connectivity index (χ2v) is 6.01. The van der Waals surface area contributed by atoms with Gasteiger partial charge in [-0.2, -0.15) is 4.74 Å². The predicted octanol–water partition coefficient (Wildman–Crippen LogP) is 4.83. The van der Waals surface area contributed by atoms with Crippen LogP contribution in [0, 0.1) is 5.21 Å². The van der Waals surface area contributed by atoms with E-state index in [2.05, 4.69) is 0 Å². The number of para-hydroxylation sites is 1. The molecular weight excluding hydrogens is 322 g/mol. The van der Waals surface area contributed by atoms with Crippen molar-refractivity contribution in [2.75, 3.05) is 0 Å². The Morgan fingerprint density at radius 2 is 1.29 bits per heavy atom. The molecule has 0 bridgehead atoms. The highest BCUT2D eigenvalue weighted by Gasteiger charge is 2.35. The van der Waals surface area contributed by atoms with Crippen molar-refractivity contribution in [2.45, 2.75) is 0 Å². The van der Waals surface area contributed by atoms with Crippen LogP contribution < -0.4 is 0 Å². The van der Waals surface area contributed by atoms with E-state index in [0.29, 0.717) is 21.8 Å². The molecule has 0 N–H and O–H groups in total. The number of benzene rings is 3. The molecule has 0 saturated carbocycles. The summed E-state index contributed by atoms with van der Waals surface area (Å²) >= 11 is 5.91. The van der Waals surface area contributed by atoms with Crippen molar-refractivity contribution in [3.63, 3.8) is 0 Å². The Morgan fingerprint density at radius 3 is 1.92 bits per heavy atom. The van der Waals surface area contributed by atoms with Gasteiger partial charge in [-0.05, 0) is 41.5 Å². The molecule has 1 aliphatic heterocycles. The smallest absolute Gasteiger partial charge is 0.272 e. The first kappa shape index (κ1) is 14.7. The summed E-state index contributed by atoms with van der Waals surface area (Å²) in [6, 6.07) is 21.8. The summed E-state index contributed by atoms with van der Waals surface area (Å²) in [5.41, 5.74) is 3.65. The van der Waals surface area contributed by atoms with E-state index >= 15 is 0 Å². The number of hydrogen-bond donors (Lipinski definition) is 0. The summed E-state index contributed by atoms with van der Waals surface area (Å²) < 4.78 is 0.717. The molecule has 3 aromatic carbocycles. The largest absolute Gasteiger partial charge is 0.618 e. The fourth-order valence-corrected chi connectivity index (χ4v) is 3.02. The van der Waals surface area contributed by atoms with Crippen LogP contribution >= 0.6 is 11.6 Å². The highest BCUT2D eigenvalue weighted by molar-refractivity contribution is 6.52. The molecule has 0 radical (unpaired) electrons. The lowest BCUT2D eigenvalue weighted by Gasteiger charge is -2.05. The summed E-state index contributed by atoms with van der Waals surface area (Å²) in [6.45, 7) is 0. The number of Topliss-reactive ketones (excluding diaryl/α,β-unsaturated/α-hetero) is 1. The van der Waals surface area contributed by atoms with Crippen molar-refractivity contribution in [3.8, 4) is 11.1 Å². The Bertz CT molecular complexity index is 973. The molecule has 1 aliphatic rings. The molecule has 1 heterocycles. The summed E-state index contributed by atoms with van der Waals surface area (Å²) in [5.74, 6) is -0.236. The molecule has 116 valence electrons. The van der Waals surface area contributed by atoms with E-state index in [4.69, 9.17) is 11.6 Å². The Kier molecular flexibility index (Phi) is 3.44. The van der Waals surface area contributed by atoms with Crippen LogP contribution in [0.25, 0.3) is 11.1 Å². The van der Waals surface area contributed by atoms with Gasteiger partial charge in [0.2, 0.25) is 5.69 Å². The zero-order valence-corrected chi connectivity index (χ0v) is 13.3. The Labute approximate surface area is 144 Å². The Balaban J connectivity index is 1.73. The van der Waals surface area contributed by atoms with Crippen molar-refractivity contribution < 1.29 is 9.53 Å². The molecule has 0 fully saturated rings. The number of hydrogen-bond acceptors (Lipinski definition) is 2. The summed E-state index contributed by atoms with van der Waals surface area (Å²) in [6.07, 6.45) is 0. The first-order valence-corrected chi connectivity index (χ1v) is 7.87. The van der Waals surface area contributed by atoms with E-state index in [9.17, 15) is 10.0 Å².